The van der Waals surface area contributed by atoms with Crippen molar-refractivity contribution in [1.29, 1.82) is 0 Å². The van der Waals surface area contributed by atoms with Crippen molar-refractivity contribution in [2.45, 2.75) is 19.9 Å². The van der Waals surface area contributed by atoms with Crippen molar-refractivity contribution in [3.63, 3.8) is 0 Å². The average molecular weight is 361 g/mol. The summed E-state index contributed by atoms with van der Waals surface area (Å²) in [6.07, 6.45) is 0. The summed E-state index contributed by atoms with van der Waals surface area (Å²) < 4.78 is 0. The lowest BCUT2D eigenvalue weighted by molar-refractivity contribution is -0.114. The molecule has 0 heterocycles. The number of amides is 2. The molecule has 0 bridgehead atoms. The Morgan fingerprint density at radius 2 is 1.52 bits per heavy atom. The van der Waals surface area contributed by atoms with E-state index in [4.69, 9.17) is 0 Å². The predicted molar refractivity (Wildman–Crippen MR) is 110 cm³/mol. The summed E-state index contributed by atoms with van der Waals surface area (Å²) in [6, 6.07) is 21.0. The van der Waals surface area contributed by atoms with Crippen LogP contribution >= 0.6 is 0 Å². The molecule has 5 nitrogen and oxygen atoms in total. The molecule has 0 fully saturated rings. The Balaban J connectivity index is 1.54. The molecule has 0 aliphatic rings. The highest BCUT2D eigenvalue weighted by Gasteiger charge is 2.08. The molecule has 3 aromatic rings. The molecular formula is C22H23N3O2. The van der Waals surface area contributed by atoms with Crippen LogP contribution in [0.25, 0.3) is 10.8 Å². The van der Waals surface area contributed by atoms with Crippen LogP contribution in [0.4, 0.5) is 11.4 Å². The third kappa shape index (κ3) is 5.07. The maximum absolute atomic E-state index is 12.2. The van der Waals surface area contributed by atoms with Gasteiger partial charge in [-0.2, -0.15) is 0 Å². The molecule has 0 radical (unpaired) electrons. The molecule has 3 rings (SSSR count). The van der Waals surface area contributed by atoms with Crippen LogP contribution in [0.3, 0.4) is 0 Å². The Hall–Kier alpha value is -3.34. The number of carbonyl (C=O) groups excluding carboxylic acids is 2. The number of hydrogen-bond acceptors (Lipinski definition) is 3. The zero-order valence-electron chi connectivity index (χ0n) is 15.5. The van der Waals surface area contributed by atoms with E-state index in [-0.39, 0.29) is 24.4 Å². The smallest absolute Gasteiger partial charge is 0.251 e. The number of anilines is 2. The highest BCUT2D eigenvalue weighted by atomic mass is 16.2. The molecule has 0 saturated heterocycles. The van der Waals surface area contributed by atoms with Crippen molar-refractivity contribution in [2.24, 2.45) is 0 Å². The quantitative estimate of drug-likeness (QED) is 0.621. The van der Waals surface area contributed by atoms with Gasteiger partial charge in [-0.25, -0.2) is 0 Å². The Morgan fingerprint density at radius 1 is 0.852 bits per heavy atom. The molecule has 0 atom stereocenters. The largest absolute Gasteiger partial charge is 0.376 e. The first kappa shape index (κ1) is 18.5. The first-order valence-corrected chi connectivity index (χ1v) is 8.95. The van der Waals surface area contributed by atoms with Gasteiger partial charge in [0, 0.05) is 23.0 Å². The lowest BCUT2D eigenvalue weighted by atomic mass is 10.1. The van der Waals surface area contributed by atoms with Crippen molar-refractivity contribution >= 4 is 34.0 Å². The summed E-state index contributed by atoms with van der Waals surface area (Å²) in [5.41, 5.74) is 2.11. The average Bonchev–Trinajstić information content (AvgIpc) is 2.66. The van der Waals surface area contributed by atoms with Crippen molar-refractivity contribution in [3.05, 3.63) is 72.3 Å². The summed E-state index contributed by atoms with van der Waals surface area (Å²) in [5, 5.41) is 11.1. The minimum Gasteiger partial charge on any atom is -0.376 e. The Labute approximate surface area is 158 Å². The van der Waals surface area contributed by atoms with E-state index in [1.807, 2.05) is 50.2 Å². The third-order valence-electron chi connectivity index (χ3n) is 4.05. The van der Waals surface area contributed by atoms with Gasteiger partial charge < -0.3 is 16.0 Å². The van der Waals surface area contributed by atoms with Crippen LogP contribution in [0.5, 0.6) is 0 Å². The van der Waals surface area contributed by atoms with Gasteiger partial charge >= 0.3 is 0 Å². The number of benzene rings is 3. The van der Waals surface area contributed by atoms with Gasteiger partial charge in [0.15, 0.2) is 0 Å². The molecule has 0 spiro atoms. The molecule has 2 amide bonds. The Morgan fingerprint density at radius 3 is 2.22 bits per heavy atom. The topological polar surface area (TPSA) is 70.2 Å². The van der Waals surface area contributed by atoms with E-state index in [1.54, 1.807) is 24.3 Å². The fraction of sp³-hybridized carbons (Fsp3) is 0.182. The van der Waals surface area contributed by atoms with Gasteiger partial charge in [-0.15, -0.1) is 0 Å². The normalized spacial score (nSPS) is 10.6. The van der Waals surface area contributed by atoms with Crippen LogP contribution in [-0.2, 0) is 4.79 Å². The fourth-order valence-corrected chi connectivity index (χ4v) is 2.74. The number of carbonyl (C=O) groups is 2. The maximum Gasteiger partial charge on any atom is 0.251 e. The highest BCUT2D eigenvalue weighted by Crippen LogP contribution is 2.18. The number of fused-ring (bicyclic) bond motifs is 1. The van der Waals surface area contributed by atoms with Gasteiger partial charge in [-0.05, 0) is 61.0 Å². The number of nitrogens with one attached hydrogen (secondary N) is 3. The molecule has 0 aromatic heterocycles. The van der Waals surface area contributed by atoms with E-state index in [1.165, 1.54) is 0 Å². The van der Waals surface area contributed by atoms with Gasteiger partial charge in [0.05, 0.1) is 6.54 Å². The zero-order valence-corrected chi connectivity index (χ0v) is 15.5. The summed E-state index contributed by atoms with van der Waals surface area (Å²) in [4.78, 5) is 24.1. The summed E-state index contributed by atoms with van der Waals surface area (Å²) in [5.74, 6) is -0.275. The van der Waals surface area contributed by atoms with Crippen molar-refractivity contribution in [2.75, 3.05) is 17.2 Å². The number of hydrogen-bond donors (Lipinski definition) is 3. The first-order chi connectivity index (χ1) is 13.0. The van der Waals surface area contributed by atoms with Crippen LogP contribution < -0.4 is 16.0 Å². The van der Waals surface area contributed by atoms with E-state index in [0.717, 1.165) is 16.5 Å². The SMILES string of the molecule is CC(C)NC(=O)c1ccc(NC(=O)CNc2ccc3ccccc3c2)cc1. The lowest BCUT2D eigenvalue weighted by Gasteiger charge is -2.10. The second kappa shape index (κ2) is 8.36. The summed E-state index contributed by atoms with van der Waals surface area (Å²) >= 11 is 0. The van der Waals surface area contributed by atoms with Crippen LogP contribution in [0.15, 0.2) is 66.7 Å². The van der Waals surface area contributed by atoms with Gasteiger partial charge in [0.2, 0.25) is 5.91 Å². The van der Waals surface area contributed by atoms with Crippen molar-refractivity contribution in [1.82, 2.24) is 5.32 Å². The van der Waals surface area contributed by atoms with E-state index in [9.17, 15) is 9.59 Å². The van der Waals surface area contributed by atoms with Crippen LogP contribution in [0, 0.1) is 0 Å². The molecule has 0 aliphatic heterocycles. The lowest BCUT2D eigenvalue weighted by Crippen LogP contribution is -2.30. The van der Waals surface area contributed by atoms with Crippen molar-refractivity contribution < 1.29 is 9.59 Å². The standard InChI is InChI=1S/C22H23N3O2/c1-15(2)24-22(27)17-8-10-19(11-9-17)25-21(26)14-23-20-12-7-16-5-3-4-6-18(16)13-20/h3-13,15,23H,14H2,1-2H3,(H,24,27)(H,25,26). The minimum atomic E-state index is -0.150. The van der Waals surface area contributed by atoms with E-state index in [2.05, 4.69) is 22.0 Å². The van der Waals surface area contributed by atoms with Crippen molar-refractivity contribution in [3.8, 4) is 0 Å². The summed E-state index contributed by atoms with van der Waals surface area (Å²) in [6.45, 7) is 3.98. The van der Waals surface area contributed by atoms with E-state index >= 15 is 0 Å². The molecule has 0 saturated carbocycles. The molecule has 5 heteroatoms. The molecule has 27 heavy (non-hydrogen) atoms. The first-order valence-electron chi connectivity index (χ1n) is 8.95. The van der Waals surface area contributed by atoms with Gasteiger partial charge in [-0.3, -0.25) is 9.59 Å². The molecule has 3 N–H and O–H groups in total. The predicted octanol–water partition coefficient (Wildman–Crippen LogP) is 4.03. The van der Waals surface area contributed by atoms with Gasteiger partial charge in [-0.1, -0.05) is 30.3 Å². The van der Waals surface area contributed by atoms with E-state index in [0.29, 0.717) is 11.3 Å². The van der Waals surface area contributed by atoms with Gasteiger partial charge in [0.1, 0.15) is 0 Å². The highest BCUT2D eigenvalue weighted by molar-refractivity contribution is 5.97. The Kier molecular flexibility index (Phi) is 5.71. The van der Waals surface area contributed by atoms with Crippen LogP contribution in [-0.4, -0.2) is 24.4 Å². The maximum atomic E-state index is 12.2. The molecular weight excluding hydrogens is 338 g/mol. The van der Waals surface area contributed by atoms with Crippen LogP contribution in [0.1, 0.15) is 24.2 Å². The second-order valence-electron chi connectivity index (χ2n) is 6.67. The Bertz CT molecular complexity index is 949. The molecule has 0 unspecified atom stereocenters. The summed E-state index contributed by atoms with van der Waals surface area (Å²) in [7, 11) is 0. The molecule has 138 valence electrons. The molecule has 0 aliphatic carbocycles. The zero-order chi connectivity index (χ0) is 19.2. The number of rotatable bonds is 6. The second-order valence-corrected chi connectivity index (χ2v) is 6.67. The molecule has 3 aromatic carbocycles. The minimum absolute atomic E-state index is 0.0815. The monoisotopic (exact) mass is 361 g/mol. The van der Waals surface area contributed by atoms with E-state index < -0.39 is 0 Å². The van der Waals surface area contributed by atoms with Crippen LogP contribution in [0.2, 0.25) is 0 Å². The van der Waals surface area contributed by atoms with Gasteiger partial charge in [0.25, 0.3) is 5.91 Å². The third-order valence-corrected chi connectivity index (χ3v) is 4.05. The fourth-order valence-electron chi connectivity index (χ4n) is 2.74.